The number of benzene rings is 1. The number of aromatic amines is 1. The summed E-state index contributed by atoms with van der Waals surface area (Å²) in [4.78, 5) is 22.1. The van der Waals surface area contributed by atoms with Crippen LogP contribution >= 0.6 is 11.8 Å². The van der Waals surface area contributed by atoms with Gasteiger partial charge in [0.15, 0.2) is 5.58 Å². The third-order valence-electron chi connectivity index (χ3n) is 3.54. The van der Waals surface area contributed by atoms with Crippen LogP contribution in [0.25, 0.3) is 11.1 Å². The van der Waals surface area contributed by atoms with Gasteiger partial charge < -0.3 is 4.42 Å². The van der Waals surface area contributed by atoms with Crippen LogP contribution in [0, 0.1) is 0 Å². The van der Waals surface area contributed by atoms with Gasteiger partial charge in [-0.2, -0.15) is 0 Å². The molecule has 0 aliphatic carbocycles. The predicted octanol–water partition coefficient (Wildman–Crippen LogP) is 2.86. The topological polar surface area (TPSA) is 118 Å². The van der Waals surface area contributed by atoms with Crippen LogP contribution in [-0.2, 0) is 10.0 Å². The van der Waals surface area contributed by atoms with E-state index in [1.165, 1.54) is 36.2 Å². The van der Waals surface area contributed by atoms with Crippen molar-refractivity contribution in [1.82, 2.24) is 15.0 Å². The fourth-order valence-electron chi connectivity index (χ4n) is 2.35. The third-order valence-corrected chi connectivity index (χ3v) is 5.80. The van der Waals surface area contributed by atoms with Crippen molar-refractivity contribution in [3.63, 3.8) is 0 Å². The molecule has 2 N–H and O–H groups in total. The first kappa shape index (κ1) is 17.3. The van der Waals surface area contributed by atoms with Gasteiger partial charge in [-0.15, -0.1) is 0 Å². The Balaban J connectivity index is 1.60. The Labute approximate surface area is 157 Å². The number of nitrogens with one attached hydrogen (secondary N) is 2. The molecule has 136 valence electrons. The molecule has 0 bridgehead atoms. The molecule has 27 heavy (non-hydrogen) atoms. The van der Waals surface area contributed by atoms with Crippen molar-refractivity contribution in [2.24, 2.45) is 0 Å². The molecule has 0 unspecified atom stereocenters. The maximum absolute atomic E-state index is 12.6. The van der Waals surface area contributed by atoms with E-state index < -0.39 is 15.8 Å². The second-order valence-corrected chi connectivity index (χ2v) is 8.15. The van der Waals surface area contributed by atoms with E-state index in [1.807, 2.05) is 18.2 Å². The van der Waals surface area contributed by atoms with Crippen molar-refractivity contribution in [2.75, 3.05) is 4.72 Å². The van der Waals surface area contributed by atoms with Crippen molar-refractivity contribution in [3.05, 3.63) is 71.5 Å². The number of rotatable bonds is 5. The van der Waals surface area contributed by atoms with Crippen LogP contribution < -0.4 is 10.5 Å². The van der Waals surface area contributed by atoms with E-state index in [1.54, 1.807) is 18.3 Å². The smallest absolute Gasteiger partial charge is 0.408 e. The van der Waals surface area contributed by atoms with Gasteiger partial charge in [0, 0.05) is 18.5 Å². The molecular formula is C17H12N4O4S2. The van der Waals surface area contributed by atoms with Crippen LogP contribution in [0.1, 0.15) is 0 Å². The van der Waals surface area contributed by atoms with Crippen molar-refractivity contribution < 1.29 is 12.8 Å². The Bertz CT molecular complexity index is 1270. The highest BCUT2D eigenvalue weighted by atomic mass is 32.2. The number of aromatic nitrogens is 3. The number of H-pyrrole nitrogens is 1. The lowest BCUT2D eigenvalue weighted by Gasteiger charge is -2.09. The van der Waals surface area contributed by atoms with E-state index in [-0.39, 0.29) is 10.5 Å². The highest BCUT2D eigenvalue weighted by Crippen LogP contribution is 2.27. The third kappa shape index (κ3) is 3.86. The van der Waals surface area contributed by atoms with Crippen molar-refractivity contribution >= 4 is 38.6 Å². The second kappa shape index (κ2) is 6.89. The van der Waals surface area contributed by atoms with E-state index in [0.29, 0.717) is 16.2 Å². The molecule has 0 atom stereocenters. The molecule has 4 aromatic rings. The van der Waals surface area contributed by atoms with Crippen molar-refractivity contribution in [2.45, 2.75) is 14.9 Å². The number of sulfonamides is 1. The van der Waals surface area contributed by atoms with Gasteiger partial charge in [0.05, 0.1) is 16.1 Å². The first-order chi connectivity index (χ1) is 13.0. The van der Waals surface area contributed by atoms with Crippen LogP contribution in [-0.4, -0.2) is 23.4 Å². The van der Waals surface area contributed by atoms with Gasteiger partial charge in [0.2, 0.25) is 0 Å². The summed E-state index contributed by atoms with van der Waals surface area (Å²) in [6.07, 6.45) is 3.18. The van der Waals surface area contributed by atoms with E-state index in [2.05, 4.69) is 19.7 Å². The Morgan fingerprint density at radius 3 is 2.67 bits per heavy atom. The zero-order valence-corrected chi connectivity index (χ0v) is 15.3. The number of hydrogen-bond donors (Lipinski definition) is 2. The van der Waals surface area contributed by atoms with Crippen LogP contribution in [0.4, 0.5) is 5.69 Å². The molecule has 8 nitrogen and oxygen atoms in total. The van der Waals surface area contributed by atoms with Gasteiger partial charge in [-0.3, -0.25) is 9.71 Å². The summed E-state index contributed by atoms with van der Waals surface area (Å²) in [7, 11) is -3.86. The van der Waals surface area contributed by atoms with E-state index in [4.69, 9.17) is 4.42 Å². The van der Waals surface area contributed by atoms with E-state index in [9.17, 15) is 13.2 Å². The Hall–Kier alpha value is -3.11. The standard InChI is InChI=1S/C17H12N4O4S2/c22-17-20-13-5-4-12(10-14(13)25-17)27(23,24)21-11-6-8-19-16(9-11)26-15-3-1-2-7-18-15/h1-10H,(H,19,21)(H,20,22). The SMILES string of the molecule is O=c1[nH]c2ccc(S(=O)(=O)Nc3ccnc(Sc4ccccn4)c3)cc2o1. The summed E-state index contributed by atoms with van der Waals surface area (Å²) < 4.78 is 32.7. The maximum Gasteiger partial charge on any atom is 0.417 e. The number of hydrogen-bond acceptors (Lipinski definition) is 7. The average molecular weight is 400 g/mol. The summed E-state index contributed by atoms with van der Waals surface area (Å²) in [5.41, 5.74) is 0.958. The molecule has 0 spiro atoms. The van der Waals surface area contributed by atoms with Gasteiger partial charge in [0.25, 0.3) is 10.0 Å². The summed E-state index contributed by atoms with van der Waals surface area (Å²) in [6.45, 7) is 0. The maximum atomic E-state index is 12.6. The molecule has 0 saturated heterocycles. The zero-order chi connectivity index (χ0) is 18.9. The van der Waals surface area contributed by atoms with E-state index in [0.717, 1.165) is 5.03 Å². The molecule has 3 heterocycles. The number of nitrogens with zero attached hydrogens (tertiary/aromatic N) is 2. The number of pyridine rings is 2. The first-order valence-electron chi connectivity index (χ1n) is 7.70. The minimum atomic E-state index is -3.86. The molecule has 10 heteroatoms. The minimum Gasteiger partial charge on any atom is -0.408 e. The van der Waals surface area contributed by atoms with Gasteiger partial charge >= 0.3 is 5.76 Å². The summed E-state index contributed by atoms with van der Waals surface area (Å²) in [5, 5.41) is 1.35. The monoisotopic (exact) mass is 400 g/mol. The Morgan fingerprint density at radius 1 is 1.00 bits per heavy atom. The number of fused-ring (bicyclic) bond motifs is 1. The van der Waals surface area contributed by atoms with Crippen LogP contribution in [0.15, 0.2) is 85.1 Å². The molecule has 0 fully saturated rings. The predicted molar refractivity (Wildman–Crippen MR) is 100 cm³/mol. The first-order valence-corrected chi connectivity index (χ1v) is 10.0. The lowest BCUT2D eigenvalue weighted by molar-refractivity contribution is 0.554. The molecule has 1 aromatic carbocycles. The quantitative estimate of drug-likeness (QED) is 0.529. The molecule has 0 aliphatic heterocycles. The molecule has 0 radical (unpaired) electrons. The fourth-order valence-corrected chi connectivity index (χ4v) is 4.19. The number of anilines is 1. The highest BCUT2D eigenvalue weighted by molar-refractivity contribution is 7.99. The second-order valence-electron chi connectivity index (χ2n) is 5.43. The summed E-state index contributed by atoms with van der Waals surface area (Å²) >= 11 is 1.32. The molecular weight excluding hydrogens is 388 g/mol. The van der Waals surface area contributed by atoms with E-state index >= 15 is 0 Å². The molecule has 0 amide bonds. The van der Waals surface area contributed by atoms with Gasteiger partial charge in [-0.05, 0) is 36.4 Å². The van der Waals surface area contributed by atoms with Gasteiger partial charge in [0.1, 0.15) is 10.1 Å². The largest absolute Gasteiger partial charge is 0.417 e. The molecule has 0 aliphatic rings. The molecule has 4 rings (SSSR count). The van der Waals surface area contributed by atoms with Crippen molar-refractivity contribution in [3.8, 4) is 0 Å². The highest BCUT2D eigenvalue weighted by Gasteiger charge is 2.16. The normalized spacial score (nSPS) is 11.6. The van der Waals surface area contributed by atoms with Gasteiger partial charge in [-0.1, -0.05) is 17.8 Å². The summed E-state index contributed by atoms with van der Waals surface area (Å²) in [6, 6.07) is 12.8. The van der Waals surface area contributed by atoms with Crippen LogP contribution in [0.2, 0.25) is 0 Å². The van der Waals surface area contributed by atoms with Crippen molar-refractivity contribution in [1.29, 1.82) is 0 Å². The minimum absolute atomic E-state index is 0.0199. The molecule has 3 aromatic heterocycles. The Kier molecular flexibility index (Phi) is 4.42. The zero-order valence-electron chi connectivity index (χ0n) is 13.6. The number of oxazole rings is 1. The van der Waals surface area contributed by atoms with Crippen LogP contribution in [0.3, 0.4) is 0 Å². The lowest BCUT2D eigenvalue weighted by Crippen LogP contribution is -2.13. The van der Waals surface area contributed by atoms with Crippen LogP contribution in [0.5, 0.6) is 0 Å². The lowest BCUT2D eigenvalue weighted by atomic mass is 10.3. The average Bonchev–Trinajstić information content (AvgIpc) is 3.01. The fraction of sp³-hybridized carbons (Fsp3) is 0. The molecule has 0 saturated carbocycles. The summed E-state index contributed by atoms with van der Waals surface area (Å²) in [5.74, 6) is -0.641. The van der Waals surface area contributed by atoms with Gasteiger partial charge in [-0.25, -0.2) is 23.2 Å². The Morgan fingerprint density at radius 2 is 1.85 bits per heavy atom.